The molecule has 2 heterocycles. The average molecular weight is 312 g/mol. The molecule has 0 aromatic heterocycles. The minimum atomic E-state index is 0.219. The summed E-state index contributed by atoms with van der Waals surface area (Å²) in [4.78, 5) is 7.00. The predicted molar refractivity (Wildman–Crippen MR) is 89.4 cm³/mol. The summed E-state index contributed by atoms with van der Waals surface area (Å²) in [6, 6.07) is 0.244. The van der Waals surface area contributed by atoms with Crippen LogP contribution >= 0.6 is 0 Å². The van der Waals surface area contributed by atoms with E-state index in [2.05, 4.69) is 27.4 Å². The van der Waals surface area contributed by atoms with E-state index in [0.29, 0.717) is 6.61 Å². The van der Waals surface area contributed by atoms with Gasteiger partial charge in [0, 0.05) is 45.5 Å². The van der Waals surface area contributed by atoms with Gasteiger partial charge in [-0.3, -0.25) is 9.89 Å². The molecule has 0 bridgehead atoms. The van der Waals surface area contributed by atoms with Gasteiger partial charge in [-0.15, -0.1) is 0 Å². The van der Waals surface area contributed by atoms with Crippen molar-refractivity contribution < 1.29 is 9.47 Å². The summed E-state index contributed by atoms with van der Waals surface area (Å²) < 4.78 is 10.8. The molecular formula is C16H32N4O2. The van der Waals surface area contributed by atoms with Crippen LogP contribution in [0.1, 0.15) is 32.6 Å². The van der Waals surface area contributed by atoms with Gasteiger partial charge in [0.05, 0.1) is 6.61 Å². The molecule has 0 aliphatic carbocycles. The number of ether oxygens (including phenoxy) is 2. The summed E-state index contributed by atoms with van der Waals surface area (Å²) in [6.07, 6.45) is 4.84. The van der Waals surface area contributed by atoms with Crippen LogP contribution < -0.4 is 10.6 Å². The zero-order valence-corrected chi connectivity index (χ0v) is 14.4. The SMILES string of the molecule is CN=C(NCC1(N2CCCC2)CCOCC1)NC(C)COC. The highest BCUT2D eigenvalue weighted by Gasteiger charge is 2.39. The Bertz CT molecular complexity index is 350. The van der Waals surface area contributed by atoms with Crippen LogP contribution in [0.2, 0.25) is 0 Å². The lowest BCUT2D eigenvalue weighted by atomic mass is 9.88. The van der Waals surface area contributed by atoms with Crippen LogP contribution in [0.3, 0.4) is 0 Å². The molecule has 2 aliphatic heterocycles. The third kappa shape index (κ3) is 4.57. The topological polar surface area (TPSA) is 58.1 Å². The van der Waals surface area contributed by atoms with Gasteiger partial charge >= 0.3 is 0 Å². The molecule has 6 heteroatoms. The fourth-order valence-electron chi connectivity index (χ4n) is 3.52. The molecule has 0 aromatic carbocycles. The van der Waals surface area contributed by atoms with Gasteiger partial charge in [-0.2, -0.15) is 0 Å². The quantitative estimate of drug-likeness (QED) is 0.562. The first kappa shape index (κ1) is 17.5. The van der Waals surface area contributed by atoms with Gasteiger partial charge in [-0.1, -0.05) is 0 Å². The Hall–Kier alpha value is -0.850. The van der Waals surface area contributed by atoms with E-state index in [1.165, 1.54) is 25.9 Å². The highest BCUT2D eigenvalue weighted by molar-refractivity contribution is 5.80. The second-order valence-electron chi connectivity index (χ2n) is 6.46. The lowest BCUT2D eigenvalue weighted by Gasteiger charge is -2.45. The Morgan fingerprint density at radius 3 is 2.59 bits per heavy atom. The maximum absolute atomic E-state index is 5.60. The molecule has 2 saturated heterocycles. The Morgan fingerprint density at radius 2 is 2.00 bits per heavy atom. The second kappa shape index (κ2) is 8.70. The van der Waals surface area contributed by atoms with Crippen molar-refractivity contribution in [2.24, 2.45) is 4.99 Å². The van der Waals surface area contributed by atoms with Gasteiger partial charge < -0.3 is 20.1 Å². The van der Waals surface area contributed by atoms with Crippen LogP contribution in [0.15, 0.2) is 4.99 Å². The molecule has 2 aliphatic rings. The molecule has 6 nitrogen and oxygen atoms in total. The minimum Gasteiger partial charge on any atom is -0.383 e. The van der Waals surface area contributed by atoms with E-state index in [1.54, 1.807) is 7.11 Å². The molecule has 2 fully saturated rings. The monoisotopic (exact) mass is 312 g/mol. The zero-order chi connectivity index (χ0) is 15.8. The highest BCUT2D eigenvalue weighted by atomic mass is 16.5. The summed E-state index contributed by atoms with van der Waals surface area (Å²) in [5.41, 5.74) is 0.219. The van der Waals surface area contributed by atoms with E-state index in [0.717, 1.165) is 38.6 Å². The van der Waals surface area contributed by atoms with Crippen molar-refractivity contribution in [3.05, 3.63) is 0 Å². The Morgan fingerprint density at radius 1 is 1.32 bits per heavy atom. The molecule has 22 heavy (non-hydrogen) atoms. The van der Waals surface area contributed by atoms with E-state index in [-0.39, 0.29) is 11.6 Å². The number of nitrogens with one attached hydrogen (secondary N) is 2. The van der Waals surface area contributed by atoms with Crippen LogP contribution in [0.25, 0.3) is 0 Å². The molecular weight excluding hydrogens is 280 g/mol. The first-order valence-corrected chi connectivity index (χ1v) is 8.49. The average Bonchev–Trinajstić information content (AvgIpc) is 3.07. The molecule has 2 N–H and O–H groups in total. The lowest BCUT2D eigenvalue weighted by Crippen LogP contribution is -2.59. The Kier molecular flexibility index (Phi) is 6.92. The standard InChI is InChI=1S/C16H32N4O2/c1-14(12-21-3)19-15(17-2)18-13-16(6-10-22-11-7-16)20-8-4-5-9-20/h14H,4-13H2,1-3H3,(H2,17,18,19). The van der Waals surface area contributed by atoms with Gasteiger partial charge in [0.25, 0.3) is 0 Å². The maximum Gasteiger partial charge on any atom is 0.191 e. The molecule has 0 amide bonds. The van der Waals surface area contributed by atoms with Gasteiger partial charge in [0.2, 0.25) is 0 Å². The summed E-state index contributed by atoms with van der Waals surface area (Å²) in [5, 5.41) is 6.91. The number of hydrogen-bond donors (Lipinski definition) is 2. The van der Waals surface area contributed by atoms with E-state index in [4.69, 9.17) is 9.47 Å². The van der Waals surface area contributed by atoms with Crippen molar-refractivity contribution in [3.63, 3.8) is 0 Å². The smallest absolute Gasteiger partial charge is 0.191 e. The fourth-order valence-corrected chi connectivity index (χ4v) is 3.52. The highest BCUT2D eigenvalue weighted by Crippen LogP contribution is 2.30. The summed E-state index contributed by atoms with van der Waals surface area (Å²) in [5.74, 6) is 0.856. The lowest BCUT2D eigenvalue weighted by molar-refractivity contribution is -0.0164. The summed E-state index contributed by atoms with van der Waals surface area (Å²) in [7, 11) is 3.54. The maximum atomic E-state index is 5.60. The van der Waals surface area contributed by atoms with E-state index >= 15 is 0 Å². The van der Waals surface area contributed by atoms with Crippen LogP contribution in [0.5, 0.6) is 0 Å². The van der Waals surface area contributed by atoms with Gasteiger partial charge in [0.15, 0.2) is 5.96 Å². The third-order valence-corrected chi connectivity index (χ3v) is 4.81. The minimum absolute atomic E-state index is 0.219. The van der Waals surface area contributed by atoms with Crippen molar-refractivity contribution in [3.8, 4) is 0 Å². The number of hydrogen-bond acceptors (Lipinski definition) is 4. The number of aliphatic imine (C=N–C) groups is 1. The zero-order valence-electron chi connectivity index (χ0n) is 14.4. The van der Waals surface area contributed by atoms with Crippen molar-refractivity contribution in [2.45, 2.75) is 44.2 Å². The predicted octanol–water partition coefficient (Wildman–Crippen LogP) is 0.831. The fraction of sp³-hybridized carbons (Fsp3) is 0.938. The molecule has 1 unspecified atom stereocenters. The van der Waals surface area contributed by atoms with E-state index in [9.17, 15) is 0 Å². The first-order valence-electron chi connectivity index (χ1n) is 8.49. The number of likely N-dealkylation sites (tertiary alicyclic amines) is 1. The normalized spacial score (nSPS) is 24.2. The summed E-state index contributed by atoms with van der Waals surface area (Å²) >= 11 is 0. The Balaban J connectivity index is 1.92. The number of methoxy groups -OCH3 is 1. The van der Waals surface area contributed by atoms with Crippen LogP contribution in [0, 0.1) is 0 Å². The van der Waals surface area contributed by atoms with Crippen LogP contribution in [-0.4, -0.2) is 76.1 Å². The molecule has 1 atom stereocenters. The third-order valence-electron chi connectivity index (χ3n) is 4.81. The molecule has 0 radical (unpaired) electrons. The van der Waals surface area contributed by atoms with Gasteiger partial charge in [0.1, 0.15) is 0 Å². The second-order valence-corrected chi connectivity index (χ2v) is 6.46. The van der Waals surface area contributed by atoms with E-state index in [1.807, 2.05) is 7.05 Å². The van der Waals surface area contributed by atoms with Gasteiger partial charge in [-0.25, -0.2) is 0 Å². The molecule has 2 rings (SSSR count). The largest absolute Gasteiger partial charge is 0.383 e. The van der Waals surface area contributed by atoms with Crippen molar-refractivity contribution in [1.82, 2.24) is 15.5 Å². The molecule has 0 spiro atoms. The number of nitrogens with zero attached hydrogens (tertiary/aromatic N) is 2. The van der Waals surface area contributed by atoms with Crippen LogP contribution in [0.4, 0.5) is 0 Å². The molecule has 0 aromatic rings. The van der Waals surface area contributed by atoms with Crippen molar-refractivity contribution in [2.75, 3.05) is 53.6 Å². The number of rotatable bonds is 6. The first-order chi connectivity index (χ1) is 10.7. The van der Waals surface area contributed by atoms with E-state index < -0.39 is 0 Å². The summed E-state index contributed by atoms with van der Waals surface area (Å²) in [6.45, 7) is 7.86. The van der Waals surface area contributed by atoms with Gasteiger partial charge in [-0.05, 0) is 45.7 Å². The molecule has 0 saturated carbocycles. The van der Waals surface area contributed by atoms with Crippen molar-refractivity contribution in [1.29, 1.82) is 0 Å². The van der Waals surface area contributed by atoms with Crippen molar-refractivity contribution >= 4 is 5.96 Å². The Labute approximate surface area is 134 Å². The molecule has 128 valence electrons. The number of guanidine groups is 1. The van der Waals surface area contributed by atoms with Crippen LogP contribution in [-0.2, 0) is 9.47 Å².